The fourth-order valence-electron chi connectivity index (χ4n) is 6.14. The molecule has 10 rings (SSSR count). The lowest BCUT2D eigenvalue weighted by Gasteiger charge is -2.13. The van der Waals surface area contributed by atoms with E-state index >= 15 is 0 Å². The Hall–Kier alpha value is -6.85. The highest BCUT2D eigenvalue weighted by Crippen LogP contribution is 2.40. The van der Waals surface area contributed by atoms with Crippen LogP contribution in [-0.4, -0.2) is 15.0 Å². The number of furan rings is 2. The van der Waals surface area contributed by atoms with E-state index in [1.807, 2.05) is 60.7 Å². The molecule has 0 N–H and O–H groups in total. The lowest BCUT2D eigenvalue weighted by molar-refractivity contribution is 0.668. The largest absolute Gasteiger partial charge is 0.456 e. The molecule has 0 bridgehead atoms. The molecule has 5 heteroatoms. The topological polar surface area (TPSA) is 65.0 Å². The number of hydrogen-bond donors (Lipinski definition) is 0. The normalized spacial score (nSPS) is 15.5. The molecule has 0 aliphatic heterocycles. The van der Waals surface area contributed by atoms with E-state index in [9.17, 15) is 2.74 Å². The summed E-state index contributed by atoms with van der Waals surface area (Å²) in [6.07, 6.45) is 0. The second-order valence-corrected chi connectivity index (χ2v) is 11.3. The van der Waals surface area contributed by atoms with Gasteiger partial charge in [0.2, 0.25) is 0 Å². The maximum absolute atomic E-state index is 9.27. The predicted octanol–water partition coefficient (Wildman–Crippen LogP) is 12.0. The molecule has 234 valence electrons. The minimum absolute atomic E-state index is 0.0686. The number of rotatable bonds is 5. The molecule has 0 radical (unpaired) electrons. The first-order chi connectivity index (χ1) is 30.6. The van der Waals surface area contributed by atoms with Crippen molar-refractivity contribution < 1.29 is 28.0 Å². The summed E-state index contributed by atoms with van der Waals surface area (Å²) in [4.78, 5) is 14.4. The summed E-state index contributed by atoms with van der Waals surface area (Å²) >= 11 is 0. The molecule has 0 fully saturated rings. The summed E-state index contributed by atoms with van der Waals surface area (Å²) < 4.78 is 134. The molecule has 7 aromatic carbocycles. The maximum atomic E-state index is 9.27. The fraction of sp³-hybridized carbons (Fsp3) is 0. The molecule has 3 heterocycles. The summed E-state index contributed by atoms with van der Waals surface area (Å²) in [6, 6.07) is 16.3. The van der Waals surface area contributed by atoms with E-state index in [2.05, 4.69) is 0 Å². The molecule has 0 aliphatic carbocycles. The summed E-state index contributed by atoms with van der Waals surface area (Å²) in [5.41, 5.74) is 1.84. The first-order valence-electron chi connectivity index (χ1n) is 22.5. The van der Waals surface area contributed by atoms with Gasteiger partial charge in [-0.2, -0.15) is 0 Å². The number of hydrogen-bond acceptors (Lipinski definition) is 5. The van der Waals surface area contributed by atoms with Gasteiger partial charge in [-0.25, -0.2) is 15.0 Å². The third-order valence-corrected chi connectivity index (χ3v) is 8.44. The standard InChI is InChI=1S/C45H27N3O2/c1-2-12-28(13-3-1)29-24-26-30(27-25-29)31-14-4-5-16-34(31)43-46-44(36-19-11-23-40-41(36)35-17-7-9-22-39(35)49-40)48-45(47-43)37-20-10-18-33-32-15-6-8-21-38(32)50-42(33)37/h1-27H/i6D,7D,8D,9D,10D,11D,15D,17D,18D,19D,20D,21D,22D,23D. The van der Waals surface area contributed by atoms with Crippen molar-refractivity contribution in [3.05, 3.63) is 163 Å². The molecular formula is C45H27N3O2. The van der Waals surface area contributed by atoms with Crippen LogP contribution in [0.3, 0.4) is 0 Å². The van der Waals surface area contributed by atoms with Crippen LogP contribution in [0.15, 0.2) is 172 Å². The van der Waals surface area contributed by atoms with Crippen molar-refractivity contribution >= 4 is 43.9 Å². The van der Waals surface area contributed by atoms with E-state index < -0.39 is 84.6 Å². The highest BCUT2D eigenvalue weighted by Gasteiger charge is 2.21. The van der Waals surface area contributed by atoms with Crippen LogP contribution in [0.4, 0.5) is 0 Å². The second-order valence-electron chi connectivity index (χ2n) is 11.3. The van der Waals surface area contributed by atoms with Crippen LogP contribution in [0.1, 0.15) is 19.2 Å². The fourth-order valence-corrected chi connectivity index (χ4v) is 6.14. The molecular weight excluding hydrogens is 615 g/mol. The maximum Gasteiger partial charge on any atom is 0.167 e. The van der Waals surface area contributed by atoms with Crippen molar-refractivity contribution in [1.29, 1.82) is 0 Å². The molecule has 0 amide bonds. The van der Waals surface area contributed by atoms with Crippen molar-refractivity contribution in [2.45, 2.75) is 0 Å². The van der Waals surface area contributed by atoms with Crippen LogP contribution < -0.4 is 0 Å². The van der Waals surface area contributed by atoms with Gasteiger partial charge < -0.3 is 8.83 Å². The number of nitrogens with zero attached hydrogens (tertiary/aromatic N) is 3. The zero-order chi connectivity index (χ0) is 45.2. The molecule has 3 aromatic heterocycles. The Balaban J connectivity index is 1.34. The van der Waals surface area contributed by atoms with Crippen LogP contribution in [0.25, 0.3) is 100 Å². The summed E-state index contributed by atoms with van der Waals surface area (Å²) in [5, 5.41) is -0.754. The summed E-state index contributed by atoms with van der Waals surface area (Å²) in [5.74, 6) is -0.793. The SMILES string of the molecule is [2H]c1c([2H])c([2H])c2c(oc3c(-c4nc(-c5ccccc5-c5ccc(-c6ccccc6)cc5)nc(-c5c([2H])c([2H])c([2H])c6oc7c([2H])c([2H])c([2H])c([2H])c7c56)n4)c([2H])c([2H])c([2H])c32)c1[2H]. The van der Waals surface area contributed by atoms with Crippen molar-refractivity contribution in [2.24, 2.45) is 0 Å². The van der Waals surface area contributed by atoms with E-state index in [4.69, 9.17) is 40.2 Å². The average molecular weight is 656 g/mol. The Kier molecular flexibility index (Phi) is 3.99. The van der Waals surface area contributed by atoms with Gasteiger partial charge >= 0.3 is 0 Å². The zero-order valence-electron chi connectivity index (χ0n) is 39.7. The third kappa shape index (κ3) is 4.60. The van der Waals surface area contributed by atoms with Crippen LogP contribution in [0, 0.1) is 0 Å². The highest BCUT2D eigenvalue weighted by atomic mass is 16.3. The van der Waals surface area contributed by atoms with E-state index in [0.29, 0.717) is 11.1 Å². The van der Waals surface area contributed by atoms with Crippen molar-refractivity contribution in [1.82, 2.24) is 15.0 Å². The molecule has 0 spiro atoms. The second kappa shape index (κ2) is 11.4. The minimum Gasteiger partial charge on any atom is -0.456 e. The van der Waals surface area contributed by atoms with Crippen LogP contribution in [0.2, 0.25) is 0 Å². The van der Waals surface area contributed by atoms with Gasteiger partial charge in [0.25, 0.3) is 0 Å². The first kappa shape index (κ1) is 17.5. The Bertz CT molecular complexity index is 3670. The van der Waals surface area contributed by atoms with Crippen LogP contribution in [0.5, 0.6) is 0 Å². The Morgan fingerprint density at radius 2 is 0.920 bits per heavy atom. The van der Waals surface area contributed by atoms with Crippen LogP contribution >= 0.6 is 0 Å². The molecule has 50 heavy (non-hydrogen) atoms. The number of benzene rings is 7. The Labute approximate surface area is 306 Å². The van der Waals surface area contributed by atoms with Gasteiger partial charge in [-0.3, -0.25) is 0 Å². The first-order valence-corrected chi connectivity index (χ1v) is 15.5. The van der Waals surface area contributed by atoms with E-state index in [0.717, 1.165) is 16.7 Å². The van der Waals surface area contributed by atoms with Gasteiger partial charge in [0.05, 0.1) is 24.8 Å². The average Bonchev–Trinajstić information content (AvgIpc) is 3.91. The Morgan fingerprint density at radius 3 is 1.72 bits per heavy atom. The van der Waals surface area contributed by atoms with E-state index in [-0.39, 0.29) is 72.5 Å². The highest BCUT2D eigenvalue weighted by molar-refractivity contribution is 6.12. The van der Waals surface area contributed by atoms with Crippen molar-refractivity contribution in [2.75, 3.05) is 0 Å². The minimum atomic E-state index is -0.646. The van der Waals surface area contributed by atoms with E-state index in [1.165, 1.54) is 0 Å². The number of fused-ring (bicyclic) bond motifs is 6. The Morgan fingerprint density at radius 1 is 0.380 bits per heavy atom. The molecule has 0 atom stereocenters. The predicted molar refractivity (Wildman–Crippen MR) is 202 cm³/mol. The van der Waals surface area contributed by atoms with Gasteiger partial charge in [0.1, 0.15) is 22.3 Å². The van der Waals surface area contributed by atoms with Gasteiger partial charge in [-0.15, -0.1) is 0 Å². The lowest BCUT2D eigenvalue weighted by Crippen LogP contribution is -2.01. The van der Waals surface area contributed by atoms with Gasteiger partial charge in [0.15, 0.2) is 17.5 Å². The molecule has 10 aromatic rings. The van der Waals surface area contributed by atoms with Crippen molar-refractivity contribution in [3.63, 3.8) is 0 Å². The van der Waals surface area contributed by atoms with E-state index in [1.54, 1.807) is 18.2 Å². The monoisotopic (exact) mass is 655 g/mol. The quantitative estimate of drug-likeness (QED) is 0.185. The molecule has 0 aliphatic rings. The van der Waals surface area contributed by atoms with Crippen molar-refractivity contribution in [3.8, 4) is 56.4 Å². The molecule has 0 saturated carbocycles. The smallest absolute Gasteiger partial charge is 0.167 e. The number of aromatic nitrogens is 3. The van der Waals surface area contributed by atoms with Gasteiger partial charge in [-0.05, 0) is 46.4 Å². The molecule has 0 saturated heterocycles. The summed E-state index contributed by atoms with van der Waals surface area (Å²) in [6.45, 7) is 0. The zero-order valence-corrected chi connectivity index (χ0v) is 25.7. The third-order valence-electron chi connectivity index (χ3n) is 8.44. The number of para-hydroxylation sites is 3. The van der Waals surface area contributed by atoms with Gasteiger partial charge in [-0.1, -0.05) is 139 Å². The summed E-state index contributed by atoms with van der Waals surface area (Å²) in [7, 11) is 0. The molecule has 5 nitrogen and oxygen atoms in total. The lowest BCUT2D eigenvalue weighted by atomic mass is 9.96. The van der Waals surface area contributed by atoms with Crippen LogP contribution in [-0.2, 0) is 0 Å². The van der Waals surface area contributed by atoms with Gasteiger partial charge in [0, 0.05) is 32.7 Å². The molecule has 0 unspecified atom stereocenters.